The second-order valence-corrected chi connectivity index (χ2v) is 6.98. The van der Waals surface area contributed by atoms with Crippen molar-refractivity contribution in [2.45, 2.75) is 58.4 Å². The molecule has 1 aromatic carbocycles. The minimum absolute atomic E-state index is 0.0220. The molecule has 0 saturated heterocycles. The maximum atomic E-state index is 12.6. The Labute approximate surface area is 122 Å². The quantitative estimate of drug-likeness (QED) is 0.847. The second-order valence-electron chi connectivity index (χ2n) is 5.33. The van der Waals surface area contributed by atoms with Gasteiger partial charge in [0.2, 0.25) is 10.0 Å². The molecule has 0 aliphatic rings. The van der Waals surface area contributed by atoms with Crippen molar-refractivity contribution in [1.29, 1.82) is 0 Å². The molecule has 1 rings (SSSR count). The first kappa shape index (κ1) is 17.1. The Morgan fingerprint density at radius 3 is 2.05 bits per heavy atom. The highest BCUT2D eigenvalue weighted by atomic mass is 32.2. The fraction of sp³-hybridized carbons (Fsp3) is 0.600. The van der Waals surface area contributed by atoms with Gasteiger partial charge in [-0.2, -0.15) is 0 Å². The molecule has 5 heteroatoms. The highest BCUT2D eigenvalue weighted by Crippen LogP contribution is 2.26. The van der Waals surface area contributed by atoms with Gasteiger partial charge in [0.25, 0.3) is 0 Å². The van der Waals surface area contributed by atoms with Gasteiger partial charge >= 0.3 is 0 Å². The third-order valence-electron chi connectivity index (χ3n) is 3.86. The summed E-state index contributed by atoms with van der Waals surface area (Å²) in [6.07, 6.45) is 1.08. The van der Waals surface area contributed by atoms with Crippen LogP contribution in [0.5, 0.6) is 0 Å². The van der Waals surface area contributed by atoms with Crippen molar-refractivity contribution in [2.75, 3.05) is 6.61 Å². The maximum Gasteiger partial charge on any atom is 0.241 e. The van der Waals surface area contributed by atoms with Gasteiger partial charge in [-0.25, -0.2) is 13.1 Å². The summed E-state index contributed by atoms with van der Waals surface area (Å²) >= 11 is 0. The van der Waals surface area contributed by atoms with Crippen LogP contribution in [0.1, 0.15) is 42.0 Å². The van der Waals surface area contributed by atoms with Crippen LogP contribution in [0.4, 0.5) is 0 Å². The number of benzene rings is 1. The number of aryl methyl sites for hydroxylation is 2. The van der Waals surface area contributed by atoms with E-state index in [1.54, 1.807) is 0 Å². The van der Waals surface area contributed by atoms with Crippen molar-refractivity contribution in [1.82, 2.24) is 4.72 Å². The molecule has 1 unspecified atom stereocenters. The molecule has 0 bridgehead atoms. The molecule has 0 saturated carbocycles. The molecule has 0 radical (unpaired) electrons. The van der Waals surface area contributed by atoms with Crippen LogP contribution in [-0.2, 0) is 10.0 Å². The third kappa shape index (κ3) is 3.59. The summed E-state index contributed by atoms with van der Waals surface area (Å²) < 4.78 is 28.0. The zero-order valence-electron chi connectivity index (χ0n) is 12.9. The predicted octanol–water partition coefficient (Wildman–Crippen LogP) is 2.36. The Morgan fingerprint density at radius 2 is 1.65 bits per heavy atom. The molecule has 0 aliphatic carbocycles. The van der Waals surface area contributed by atoms with Gasteiger partial charge in [0.1, 0.15) is 0 Å². The molecule has 0 fully saturated rings. The molecule has 2 N–H and O–H groups in total. The average Bonchev–Trinajstić information content (AvgIpc) is 2.35. The van der Waals surface area contributed by atoms with E-state index < -0.39 is 10.0 Å². The number of aliphatic hydroxyl groups is 1. The van der Waals surface area contributed by atoms with E-state index in [-0.39, 0.29) is 12.6 Å². The van der Waals surface area contributed by atoms with Crippen LogP contribution in [0, 0.1) is 27.7 Å². The fourth-order valence-corrected chi connectivity index (χ4v) is 4.33. The molecule has 0 spiro atoms. The highest BCUT2D eigenvalue weighted by molar-refractivity contribution is 7.89. The molecule has 1 atom stereocenters. The summed E-state index contributed by atoms with van der Waals surface area (Å²) in [5.41, 5.74) is 3.53. The lowest BCUT2D eigenvalue weighted by molar-refractivity contribution is 0.270. The molecule has 1 aromatic rings. The first-order valence-corrected chi connectivity index (χ1v) is 8.43. The van der Waals surface area contributed by atoms with Crippen LogP contribution < -0.4 is 4.72 Å². The zero-order valence-corrected chi connectivity index (χ0v) is 13.8. The first-order valence-electron chi connectivity index (χ1n) is 6.95. The number of rotatable bonds is 6. The third-order valence-corrected chi connectivity index (χ3v) is 5.65. The highest BCUT2D eigenvalue weighted by Gasteiger charge is 2.24. The Balaban J connectivity index is 3.29. The molecule has 114 valence electrons. The van der Waals surface area contributed by atoms with Crippen LogP contribution in [0.3, 0.4) is 0 Å². The van der Waals surface area contributed by atoms with Gasteiger partial charge in [0.15, 0.2) is 0 Å². The molecule has 0 amide bonds. The monoisotopic (exact) mass is 299 g/mol. The van der Waals surface area contributed by atoms with E-state index in [1.807, 2.05) is 40.7 Å². The van der Waals surface area contributed by atoms with Gasteiger partial charge in [-0.3, -0.25) is 0 Å². The largest absolute Gasteiger partial charge is 0.396 e. The van der Waals surface area contributed by atoms with Crippen molar-refractivity contribution >= 4 is 10.0 Å². The fourth-order valence-electron chi connectivity index (χ4n) is 2.36. The first-order chi connectivity index (χ1) is 9.24. The Morgan fingerprint density at radius 1 is 1.15 bits per heavy atom. The summed E-state index contributed by atoms with van der Waals surface area (Å²) in [7, 11) is -3.56. The molecule has 0 heterocycles. The normalized spacial score (nSPS) is 13.5. The van der Waals surface area contributed by atoms with Crippen LogP contribution in [0.2, 0.25) is 0 Å². The Bertz CT molecular complexity index is 553. The molecule has 0 aromatic heterocycles. The van der Waals surface area contributed by atoms with Gasteiger partial charge in [0.05, 0.1) is 4.90 Å². The minimum Gasteiger partial charge on any atom is -0.396 e. The van der Waals surface area contributed by atoms with Crippen molar-refractivity contribution in [3.8, 4) is 0 Å². The van der Waals surface area contributed by atoms with Gasteiger partial charge in [-0.15, -0.1) is 0 Å². The number of aliphatic hydroxyl groups excluding tert-OH is 1. The van der Waals surface area contributed by atoms with Crippen molar-refractivity contribution in [3.63, 3.8) is 0 Å². The van der Waals surface area contributed by atoms with Gasteiger partial charge < -0.3 is 5.11 Å². The van der Waals surface area contributed by atoms with Crippen LogP contribution in [0.25, 0.3) is 0 Å². The van der Waals surface area contributed by atoms with Crippen molar-refractivity contribution < 1.29 is 13.5 Å². The Hall–Kier alpha value is -0.910. The van der Waals surface area contributed by atoms with E-state index in [0.29, 0.717) is 17.7 Å². The van der Waals surface area contributed by atoms with Gasteiger partial charge in [-0.1, -0.05) is 13.0 Å². The minimum atomic E-state index is -3.56. The zero-order chi connectivity index (χ0) is 15.5. The molecular weight excluding hydrogens is 274 g/mol. The lowest BCUT2D eigenvalue weighted by Crippen LogP contribution is -2.36. The van der Waals surface area contributed by atoms with Crippen LogP contribution in [0.15, 0.2) is 11.0 Å². The number of nitrogens with one attached hydrogen (secondary N) is 1. The summed E-state index contributed by atoms with van der Waals surface area (Å²) in [6, 6.07) is 1.78. The standard InChI is InChI=1S/C15H25NO3S/c1-6-14(7-8-17)16-20(18,19)15-12(4)10(2)9-11(3)13(15)5/h9,14,16-17H,6-8H2,1-5H3. The van der Waals surface area contributed by atoms with Crippen molar-refractivity contribution in [2.24, 2.45) is 0 Å². The SMILES string of the molecule is CCC(CCO)NS(=O)(=O)c1c(C)c(C)cc(C)c1C. The van der Waals surface area contributed by atoms with E-state index >= 15 is 0 Å². The van der Waals surface area contributed by atoms with Gasteiger partial charge in [0, 0.05) is 12.6 Å². The van der Waals surface area contributed by atoms with Crippen LogP contribution in [-0.4, -0.2) is 26.2 Å². The summed E-state index contributed by atoms with van der Waals surface area (Å²) in [4.78, 5) is 0.381. The van der Waals surface area contributed by atoms with E-state index in [2.05, 4.69) is 4.72 Å². The molecular formula is C15H25NO3S. The summed E-state index contributed by atoms with van der Waals surface area (Å²) in [5.74, 6) is 0. The summed E-state index contributed by atoms with van der Waals surface area (Å²) in [5, 5.41) is 9.00. The average molecular weight is 299 g/mol. The van der Waals surface area contributed by atoms with E-state index in [9.17, 15) is 8.42 Å². The number of sulfonamides is 1. The van der Waals surface area contributed by atoms with Crippen molar-refractivity contribution in [3.05, 3.63) is 28.3 Å². The van der Waals surface area contributed by atoms with E-state index in [1.165, 1.54) is 0 Å². The maximum absolute atomic E-state index is 12.6. The predicted molar refractivity (Wildman–Crippen MR) is 81.5 cm³/mol. The Kier molecular flexibility index (Phi) is 5.74. The smallest absolute Gasteiger partial charge is 0.241 e. The van der Waals surface area contributed by atoms with Gasteiger partial charge in [-0.05, 0) is 62.8 Å². The topological polar surface area (TPSA) is 66.4 Å². The number of hydrogen-bond acceptors (Lipinski definition) is 3. The lowest BCUT2D eigenvalue weighted by atomic mass is 10.0. The molecule has 20 heavy (non-hydrogen) atoms. The van der Waals surface area contributed by atoms with E-state index in [4.69, 9.17) is 5.11 Å². The summed E-state index contributed by atoms with van der Waals surface area (Å²) in [6.45, 7) is 9.40. The number of hydrogen-bond donors (Lipinski definition) is 2. The molecule has 4 nitrogen and oxygen atoms in total. The second kappa shape index (κ2) is 6.70. The van der Waals surface area contributed by atoms with Crippen LogP contribution >= 0.6 is 0 Å². The lowest BCUT2D eigenvalue weighted by Gasteiger charge is -2.20. The molecule has 0 aliphatic heterocycles. The van der Waals surface area contributed by atoms with E-state index in [0.717, 1.165) is 22.3 Å².